The van der Waals surface area contributed by atoms with E-state index in [1.54, 1.807) is 23.9 Å². The number of sulfonamides is 1. The standard InChI is InChI=1S/C17H26FN7O2S/c1-21-28(26,27)14-10-13(12(24(2)3)9-11(14)18)25-16(20)22-15(19)23-17(25)7-5-4-6-8-17/h9-10,21H,4-8H2,1-3H3,(H4,19,20,22,23). The van der Waals surface area contributed by atoms with Crippen molar-refractivity contribution in [2.45, 2.75) is 42.7 Å². The largest absolute Gasteiger partial charge is 0.376 e. The molecule has 0 saturated heterocycles. The van der Waals surface area contributed by atoms with Crippen molar-refractivity contribution in [3.05, 3.63) is 17.9 Å². The Morgan fingerprint density at radius 3 is 2.43 bits per heavy atom. The van der Waals surface area contributed by atoms with E-state index in [1.807, 2.05) is 0 Å². The van der Waals surface area contributed by atoms with Gasteiger partial charge in [0.25, 0.3) is 0 Å². The molecule has 9 nitrogen and oxygen atoms in total. The third-order valence-corrected chi connectivity index (χ3v) is 6.59. The second-order valence-corrected chi connectivity index (χ2v) is 9.05. The summed E-state index contributed by atoms with van der Waals surface area (Å²) in [4.78, 5) is 11.6. The van der Waals surface area contributed by atoms with Gasteiger partial charge in [0.15, 0.2) is 0 Å². The molecule has 0 aromatic heterocycles. The van der Waals surface area contributed by atoms with Gasteiger partial charge in [-0.15, -0.1) is 0 Å². The van der Waals surface area contributed by atoms with E-state index in [9.17, 15) is 12.8 Å². The molecule has 154 valence electrons. The molecule has 5 N–H and O–H groups in total. The van der Waals surface area contributed by atoms with Crippen LogP contribution in [0.2, 0.25) is 0 Å². The van der Waals surface area contributed by atoms with Gasteiger partial charge >= 0.3 is 0 Å². The van der Waals surface area contributed by atoms with Crippen LogP contribution < -0.4 is 26.0 Å². The predicted molar refractivity (Wildman–Crippen MR) is 109 cm³/mol. The first kappa shape index (κ1) is 20.3. The summed E-state index contributed by atoms with van der Waals surface area (Å²) in [6, 6.07) is 2.47. The van der Waals surface area contributed by atoms with Gasteiger partial charge in [-0.3, -0.25) is 4.90 Å². The Morgan fingerprint density at radius 1 is 1.21 bits per heavy atom. The lowest BCUT2D eigenvalue weighted by molar-refractivity contribution is 0.305. The number of nitrogens with zero attached hydrogens (tertiary/aromatic N) is 4. The maximum absolute atomic E-state index is 14.7. The van der Waals surface area contributed by atoms with E-state index in [4.69, 9.17) is 11.5 Å². The van der Waals surface area contributed by atoms with Gasteiger partial charge in [0, 0.05) is 20.2 Å². The summed E-state index contributed by atoms with van der Waals surface area (Å²) in [5, 5.41) is 0. The second kappa shape index (κ2) is 7.21. The number of hydrogen-bond acceptors (Lipinski definition) is 8. The molecule has 1 aromatic rings. The predicted octanol–water partition coefficient (Wildman–Crippen LogP) is 0.910. The molecule has 1 aromatic carbocycles. The van der Waals surface area contributed by atoms with E-state index in [2.05, 4.69) is 14.7 Å². The topological polar surface area (TPSA) is 129 Å². The van der Waals surface area contributed by atoms with E-state index < -0.39 is 26.4 Å². The lowest BCUT2D eigenvalue weighted by atomic mass is 9.87. The van der Waals surface area contributed by atoms with Gasteiger partial charge in [0.05, 0.1) is 11.4 Å². The van der Waals surface area contributed by atoms with Crippen molar-refractivity contribution in [2.75, 3.05) is 30.9 Å². The summed E-state index contributed by atoms with van der Waals surface area (Å²) in [5.41, 5.74) is 12.3. The summed E-state index contributed by atoms with van der Waals surface area (Å²) in [5.74, 6) is -0.654. The molecule has 3 rings (SSSR count). The molecule has 1 heterocycles. The molecule has 1 aliphatic heterocycles. The maximum Gasteiger partial charge on any atom is 0.243 e. The van der Waals surface area contributed by atoms with Crippen LogP contribution in [0.4, 0.5) is 15.8 Å². The highest BCUT2D eigenvalue weighted by Gasteiger charge is 2.44. The van der Waals surface area contributed by atoms with Crippen LogP contribution in [0.1, 0.15) is 32.1 Å². The first-order valence-corrected chi connectivity index (χ1v) is 10.5. The molecule has 0 amide bonds. The summed E-state index contributed by atoms with van der Waals surface area (Å²) in [7, 11) is 0.706. The molecule has 1 aliphatic carbocycles. The quantitative estimate of drug-likeness (QED) is 0.675. The van der Waals surface area contributed by atoms with Crippen molar-refractivity contribution in [1.82, 2.24) is 4.72 Å². The van der Waals surface area contributed by atoms with Crippen LogP contribution in [0, 0.1) is 5.82 Å². The highest BCUT2D eigenvalue weighted by atomic mass is 32.2. The first-order chi connectivity index (χ1) is 13.1. The van der Waals surface area contributed by atoms with Crippen LogP contribution in [-0.2, 0) is 10.0 Å². The number of anilines is 2. The van der Waals surface area contributed by atoms with Crippen LogP contribution >= 0.6 is 0 Å². The average Bonchev–Trinajstić information content (AvgIpc) is 2.62. The van der Waals surface area contributed by atoms with Crippen molar-refractivity contribution in [1.29, 1.82) is 0 Å². The number of aliphatic imine (C=N–C) groups is 2. The van der Waals surface area contributed by atoms with Gasteiger partial charge in [0.1, 0.15) is 16.4 Å². The molecule has 1 spiro atoms. The molecule has 1 saturated carbocycles. The molecule has 0 atom stereocenters. The van der Waals surface area contributed by atoms with Crippen LogP contribution in [0.15, 0.2) is 27.0 Å². The van der Waals surface area contributed by atoms with Crippen molar-refractivity contribution in [3.63, 3.8) is 0 Å². The highest BCUT2D eigenvalue weighted by molar-refractivity contribution is 7.89. The van der Waals surface area contributed by atoms with Gasteiger partial charge in [0.2, 0.25) is 21.9 Å². The van der Waals surface area contributed by atoms with Crippen molar-refractivity contribution < 1.29 is 12.8 Å². The zero-order valence-electron chi connectivity index (χ0n) is 16.2. The Hall–Kier alpha value is -2.40. The normalized spacial score (nSPS) is 19.4. The van der Waals surface area contributed by atoms with Crippen LogP contribution in [0.25, 0.3) is 0 Å². The molecule has 28 heavy (non-hydrogen) atoms. The molecule has 0 unspecified atom stereocenters. The number of guanidine groups is 2. The Balaban J connectivity index is 2.28. The van der Waals surface area contributed by atoms with Crippen LogP contribution in [0.5, 0.6) is 0 Å². The van der Waals surface area contributed by atoms with Crippen LogP contribution in [0.3, 0.4) is 0 Å². The monoisotopic (exact) mass is 411 g/mol. The van der Waals surface area contributed by atoms with Gasteiger partial charge in [-0.2, -0.15) is 4.99 Å². The summed E-state index contributed by atoms with van der Waals surface area (Å²) < 4.78 is 41.5. The second-order valence-electron chi connectivity index (χ2n) is 7.19. The molecular weight excluding hydrogens is 385 g/mol. The fraction of sp³-hybridized carbons (Fsp3) is 0.529. The summed E-state index contributed by atoms with van der Waals surface area (Å²) in [6.45, 7) is 0. The van der Waals surface area contributed by atoms with Gasteiger partial charge in [-0.05, 0) is 38.8 Å². The van der Waals surface area contributed by atoms with Crippen molar-refractivity contribution in [2.24, 2.45) is 21.5 Å². The van der Waals surface area contributed by atoms with E-state index in [0.29, 0.717) is 24.2 Å². The molecule has 1 fully saturated rings. The molecule has 2 aliphatic rings. The first-order valence-electron chi connectivity index (χ1n) is 9.05. The molecule has 11 heteroatoms. The van der Waals surface area contributed by atoms with Gasteiger partial charge in [-0.1, -0.05) is 6.42 Å². The fourth-order valence-corrected chi connectivity index (χ4v) is 4.66. The zero-order valence-corrected chi connectivity index (χ0v) is 17.1. The van der Waals surface area contributed by atoms with Crippen molar-refractivity contribution >= 4 is 33.3 Å². The highest BCUT2D eigenvalue weighted by Crippen LogP contribution is 2.43. The molecule has 0 bridgehead atoms. The van der Waals surface area contributed by atoms with Crippen molar-refractivity contribution in [3.8, 4) is 0 Å². The number of halogens is 1. The number of nitrogens with one attached hydrogen (secondary N) is 1. The van der Waals surface area contributed by atoms with Gasteiger partial charge in [-0.25, -0.2) is 22.5 Å². The van der Waals surface area contributed by atoms with E-state index in [1.165, 1.54) is 19.2 Å². The minimum Gasteiger partial charge on any atom is -0.376 e. The van der Waals surface area contributed by atoms with Crippen LogP contribution in [-0.4, -0.2) is 47.1 Å². The summed E-state index contributed by atoms with van der Waals surface area (Å²) >= 11 is 0. The number of hydrogen-bond donors (Lipinski definition) is 3. The number of benzene rings is 1. The SMILES string of the molecule is CNS(=O)(=O)c1cc(N2C(N)=NC(N)=NC23CCCCC3)c(N(C)C)cc1F. The Morgan fingerprint density at radius 2 is 1.86 bits per heavy atom. The Kier molecular flexibility index (Phi) is 5.24. The maximum atomic E-state index is 14.7. The van der Waals surface area contributed by atoms with E-state index in [-0.39, 0.29) is 11.9 Å². The van der Waals surface area contributed by atoms with E-state index in [0.717, 1.165) is 19.3 Å². The number of nitrogens with two attached hydrogens (primary N) is 2. The minimum absolute atomic E-state index is 0.0900. The third kappa shape index (κ3) is 3.39. The molecular formula is C17H26FN7O2S. The third-order valence-electron chi connectivity index (χ3n) is 5.16. The minimum atomic E-state index is -4.01. The Bertz CT molecular complexity index is 937. The van der Waals surface area contributed by atoms with E-state index >= 15 is 0 Å². The lowest BCUT2D eigenvalue weighted by Crippen LogP contribution is -2.58. The lowest BCUT2D eigenvalue weighted by Gasteiger charge is -2.46. The zero-order chi connectivity index (χ0) is 20.7. The fourth-order valence-electron chi connectivity index (χ4n) is 3.86. The summed E-state index contributed by atoms with van der Waals surface area (Å²) in [6.07, 6.45) is 4.26. The average molecular weight is 412 g/mol. The number of rotatable bonds is 4. The smallest absolute Gasteiger partial charge is 0.243 e. The Labute approximate surface area is 164 Å². The van der Waals surface area contributed by atoms with Gasteiger partial charge < -0.3 is 16.4 Å². The molecule has 0 radical (unpaired) electrons.